The summed E-state index contributed by atoms with van der Waals surface area (Å²) in [5, 5.41) is 5.84. The zero-order chi connectivity index (χ0) is 10.4. The molecular weight excluding hydrogens is 176 g/mol. The zero-order valence-corrected chi connectivity index (χ0v) is 8.63. The van der Waals surface area contributed by atoms with Gasteiger partial charge in [0.05, 0.1) is 5.56 Å². The molecule has 0 saturated carbocycles. The van der Waals surface area contributed by atoms with Crippen molar-refractivity contribution in [3.05, 3.63) is 29.8 Å². The molecule has 0 radical (unpaired) electrons. The molecule has 3 nitrogen and oxygen atoms in total. The number of hydrogen-bond donors (Lipinski definition) is 2. The van der Waals surface area contributed by atoms with E-state index in [2.05, 4.69) is 17.6 Å². The highest BCUT2D eigenvalue weighted by atomic mass is 16.1. The maximum Gasteiger partial charge on any atom is 0.253 e. The van der Waals surface area contributed by atoms with Gasteiger partial charge in [-0.05, 0) is 18.6 Å². The molecule has 0 saturated heterocycles. The molecule has 2 N–H and O–H groups in total. The number of carbonyl (C=O) groups is 1. The Morgan fingerprint density at radius 1 is 1.36 bits per heavy atom. The van der Waals surface area contributed by atoms with E-state index in [0.29, 0.717) is 5.56 Å². The molecule has 0 aliphatic rings. The van der Waals surface area contributed by atoms with E-state index in [1.165, 1.54) is 0 Å². The third-order valence-electron chi connectivity index (χ3n) is 1.96. The average molecular weight is 192 g/mol. The fourth-order valence-electron chi connectivity index (χ4n) is 1.23. The van der Waals surface area contributed by atoms with Crippen LogP contribution in [0.15, 0.2) is 24.3 Å². The maximum atomic E-state index is 11.4. The SMILES string of the molecule is CCCNc1ccccc1C(=O)NC. The number of carbonyl (C=O) groups excluding carboxylic acids is 1. The first-order valence-electron chi connectivity index (χ1n) is 4.84. The van der Waals surface area contributed by atoms with Crippen LogP contribution in [0.1, 0.15) is 23.7 Å². The number of amides is 1. The van der Waals surface area contributed by atoms with Crippen molar-refractivity contribution in [2.45, 2.75) is 13.3 Å². The lowest BCUT2D eigenvalue weighted by atomic mass is 10.1. The lowest BCUT2D eigenvalue weighted by Crippen LogP contribution is -2.19. The molecule has 1 aromatic carbocycles. The molecule has 0 aliphatic carbocycles. The van der Waals surface area contributed by atoms with Gasteiger partial charge in [0.2, 0.25) is 0 Å². The molecule has 1 amide bonds. The molecule has 76 valence electrons. The summed E-state index contributed by atoms with van der Waals surface area (Å²) in [6.07, 6.45) is 1.04. The van der Waals surface area contributed by atoms with Crippen molar-refractivity contribution in [3.8, 4) is 0 Å². The smallest absolute Gasteiger partial charge is 0.253 e. The van der Waals surface area contributed by atoms with Crippen molar-refractivity contribution < 1.29 is 4.79 Å². The average Bonchev–Trinajstić information content (AvgIpc) is 2.25. The quantitative estimate of drug-likeness (QED) is 0.764. The molecule has 0 spiro atoms. The Morgan fingerprint density at radius 3 is 2.71 bits per heavy atom. The fourth-order valence-corrected chi connectivity index (χ4v) is 1.23. The number of nitrogens with one attached hydrogen (secondary N) is 2. The normalized spacial score (nSPS) is 9.57. The third kappa shape index (κ3) is 2.49. The number of hydrogen-bond acceptors (Lipinski definition) is 2. The summed E-state index contributed by atoms with van der Waals surface area (Å²) in [4.78, 5) is 11.4. The van der Waals surface area contributed by atoms with Crippen LogP contribution in [0.3, 0.4) is 0 Å². The van der Waals surface area contributed by atoms with E-state index >= 15 is 0 Å². The Hall–Kier alpha value is -1.51. The summed E-state index contributed by atoms with van der Waals surface area (Å²) >= 11 is 0. The van der Waals surface area contributed by atoms with Crippen LogP contribution in [-0.2, 0) is 0 Å². The molecule has 0 aliphatic heterocycles. The van der Waals surface area contributed by atoms with E-state index in [1.54, 1.807) is 7.05 Å². The van der Waals surface area contributed by atoms with Gasteiger partial charge < -0.3 is 10.6 Å². The Labute approximate surface area is 84.5 Å². The summed E-state index contributed by atoms with van der Waals surface area (Å²) in [5.74, 6) is -0.0517. The highest BCUT2D eigenvalue weighted by molar-refractivity contribution is 5.99. The van der Waals surface area contributed by atoms with Crippen LogP contribution in [-0.4, -0.2) is 19.5 Å². The molecular formula is C11H16N2O. The van der Waals surface area contributed by atoms with Gasteiger partial charge in [-0.25, -0.2) is 0 Å². The van der Waals surface area contributed by atoms with E-state index in [1.807, 2.05) is 24.3 Å². The van der Waals surface area contributed by atoms with Crippen molar-refractivity contribution in [1.29, 1.82) is 0 Å². The van der Waals surface area contributed by atoms with Crippen molar-refractivity contribution in [2.75, 3.05) is 18.9 Å². The number of rotatable bonds is 4. The van der Waals surface area contributed by atoms with Crippen LogP contribution in [0.2, 0.25) is 0 Å². The van der Waals surface area contributed by atoms with Gasteiger partial charge in [0.1, 0.15) is 0 Å². The second-order valence-corrected chi connectivity index (χ2v) is 3.05. The first kappa shape index (κ1) is 10.6. The van der Waals surface area contributed by atoms with Gasteiger partial charge in [-0.15, -0.1) is 0 Å². The maximum absolute atomic E-state index is 11.4. The number of para-hydroxylation sites is 1. The van der Waals surface area contributed by atoms with Crippen molar-refractivity contribution in [1.82, 2.24) is 5.32 Å². The minimum atomic E-state index is -0.0517. The van der Waals surface area contributed by atoms with Crippen molar-refractivity contribution >= 4 is 11.6 Å². The first-order valence-corrected chi connectivity index (χ1v) is 4.84. The van der Waals surface area contributed by atoms with Crippen LogP contribution < -0.4 is 10.6 Å². The summed E-state index contributed by atoms with van der Waals surface area (Å²) in [5.41, 5.74) is 1.59. The number of benzene rings is 1. The second-order valence-electron chi connectivity index (χ2n) is 3.05. The van der Waals surface area contributed by atoms with Crippen LogP contribution in [0.25, 0.3) is 0 Å². The molecule has 0 unspecified atom stereocenters. The largest absolute Gasteiger partial charge is 0.384 e. The summed E-state index contributed by atoms with van der Waals surface area (Å²) < 4.78 is 0. The summed E-state index contributed by atoms with van der Waals surface area (Å²) in [6.45, 7) is 2.98. The molecule has 0 bridgehead atoms. The molecule has 14 heavy (non-hydrogen) atoms. The van der Waals surface area contributed by atoms with E-state index in [4.69, 9.17) is 0 Å². The van der Waals surface area contributed by atoms with Crippen LogP contribution >= 0.6 is 0 Å². The molecule has 0 fully saturated rings. The van der Waals surface area contributed by atoms with E-state index in [-0.39, 0.29) is 5.91 Å². The van der Waals surface area contributed by atoms with Crippen LogP contribution in [0.5, 0.6) is 0 Å². The molecule has 0 aromatic heterocycles. The molecule has 1 aromatic rings. The van der Waals surface area contributed by atoms with Gasteiger partial charge in [-0.3, -0.25) is 4.79 Å². The third-order valence-corrected chi connectivity index (χ3v) is 1.96. The molecule has 1 rings (SSSR count). The number of anilines is 1. The van der Waals surface area contributed by atoms with Crippen LogP contribution in [0, 0.1) is 0 Å². The lowest BCUT2D eigenvalue weighted by molar-refractivity contribution is 0.0964. The monoisotopic (exact) mass is 192 g/mol. The minimum Gasteiger partial charge on any atom is -0.384 e. The van der Waals surface area contributed by atoms with Gasteiger partial charge in [-0.1, -0.05) is 19.1 Å². The second kappa shape index (κ2) is 5.27. The van der Waals surface area contributed by atoms with Gasteiger partial charge in [0, 0.05) is 19.3 Å². The predicted octanol–water partition coefficient (Wildman–Crippen LogP) is 1.87. The fraction of sp³-hybridized carbons (Fsp3) is 0.364. The van der Waals surface area contributed by atoms with Crippen molar-refractivity contribution in [2.24, 2.45) is 0 Å². The highest BCUT2D eigenvalue weighted by Gasteiger charge is 2.07. The van der Waals surface area contributed by atoms with E-state index in [0.717, 1.165) is 18.7 Å². The van der Waals surface area contributed by atoms with Crippen LogP contribution in [0.4, 0.5) is 5.69 Å². The Morgan fingerprint density at radius 2 is 2.07 bits per heavy atom. The summed E-state index contributed by atoms with van der Waals surface area (Å²) in [7, 11) is 1.64. The molecule has 0 heterocycles. The lowest BCUT2D eigenvalue weighted by Gasteiger charge is -2.09. The zero-order valence-electron chi connectivity index (χ0n) is 8.63. The van der Waals surface area contributed by atoms with Gasteiger partial charge in [-0.2, -0.15) is 0 Å². The van der Waals surface area contributed by atoms with E-state index < -0.39 is 0 Å². The Bertz CT molecular complexity index is 310. The first-order chi connectivity index (χ1) is 6.79. The predicted molar refractivity (Wildman–Crippen MR) is 58.6 cm³/mol. The van der Waals surface area contributed by atoms with Gasteiger partial charge >= 0.3 is 0 Å². The van der Waals surface area contributed by atoms with Gasteiger partial charge in [0.25, 0.3) is 5.91 Å². The molecule has 0 atom stereocenters. The highest BCUT2D eigenvalue weighted by Crippen LogP contribution is 2.14. The minimum absolute atomic E-state index is 0.0517. The van der Waals surface area contributed by atoms with E-state index in [9.17, 15) is 4.79 Å². The standard InChI is InChI=1S/C11H16N2O/c1-3-8-13-10-7-5-4-6-9(10)11(14)12-2/h4-7,13H,3,8H2,1-2H3,(H,12,14). The topological polar surface area (TPSA) is 41.1 Å². The van der Waals surface area contributed by atoms with Gasteiger partial charge in [0.15, 0.2) is 0 Å². The summed E-state index contributed by atoms with van der Waals surface area (Å²) in [6, 6.07) is 7.52. The Balaban J connectivity index is 2.85. The Kier molecular flexibility index (Phi) is 3.98. The molecule has 3 heteroatoms. The van der Waals surface area contributed by atoms with Crippen molar-refractivity contribution in [3.63, 3.8) is 0 Å².